The van der Waals surface area contributed by atoms with E-state index in [9.17, 15) is 12.8 Å². The van der Waals surface area contributed by atoms with Crippen LogP contribution in [0.15, 0.2) is 45.9 Å². The van der Waals surface area contributed by atoms with Crippen LogP contribution in [0.25, 0.3) is 0 Å². The highest BCUT2D eigenvalue weighted by atomic mass is 79.9. The van der Waals surface area contributed by atoms with Gasteiger partial charge in [0.25, 0.3) is 10.0 Å². The second-order valence-electron chi connectivity index (χ2n) is 4.45. The quantitative estimate of drug-likeness (QED) is 0.894. The van der Waals surface area contributed by atoms with E-state index in [0.29, 0.717) is 10.3 Å². The zero-order valence-corrected chi connectivity index (χ0v) is 13.7. The van der Waals surface area contributed by atoms with Crippen molar-refractivity contribution in [1.29, 1.82) is 0 Å². The van der Waals surface area contributed by atoms with Crippen LogP contribution in [0.5, 0.6) is 0 Å². The minimum absolute atomic E-state index is 0.282. The van der Waals surface area contributed by atoms with Gasteiger partial charge in [-0.3, -0.25) is 4.72 Å². The first-order chi connectivity index (χ1) is 9.81. The average Bonchev–Trinajstić information content (AvgIpc) is 2.37. The molecule has 112 valence electrons. The van der Waals surface area contributed by atoms with E-state index in [0.717, 1.165) is 6.07 Å². The van der Waals surface area contributed by atoms with Crippen molar-refractivity contribution in [2.24, 2.45) is 0 Å². The van der Waals surface area contributed by atoms with Gasteiger partial charge in [0.15, 0.2) is 5.82 Å². The third kappa shape index (κ3) is 3.51. The lowest BCUT2D eigenvalue weighted by molar-refractivity contribution is 0.570. The summed E-state index contributed by atoms with van der Waals surface area (Å²) >= 11 is 3.09. The first kappa shape index (κ1) is 15.7. The van der Waals surface area contributed by atoms with Crippen molar-refractivity contribution < 1.29 is 12.8 Å². The molecule has 0 saturated heterocycles. The Labute approximate surface area is 131 Å². The van der Waals surface area contributed by atoms with Crippen LogP contribution in [0.4, 0.5) is 15.9 Å². The molecule has 0 bridgehead atoms. The number of hydrogen-bond acceptors (Lipinski definition) is 4. The molecule has 0 aliphatic carbocycles. The lowest BCUT2D eigenvalue weighted by Gasteiger charge is -2.17. The summed E-state index contributed by atoms with van der Waals surface area (Å²) in [5.74, 6) is -0.384. The summed E-state index contributed by atoms with van der Waals surface area (Å²) in [6.07, 6.45) is 1.55. The molecule has 1 N–H and O–H groups in total. The number of benzene rings is 1. The number of hydrogen-bond donors (Lipinski definition) is 1. The number of nitrogens with one attached hydrogen (secondary N) is 1. The van der Waals surface area contributed by atoms with Gasteiger partial charge < -0.3 is 4.90 Å². The van der Waals surface area contributed by atoms with Crippen molar-refractivity contribution in [1.82, 2.24) is 4.98 Å². The maximum absolute atomic E-state index is 13.8. The van der Waals surface area contributed by atoms with Crippen LogP contribution in [0.2, 0.25) is 0 Å². The van der Waals surface area contributed by atoms with Crippen LogP contribution < -0.4 is 9.62 Å². The van der Waals surface area contributed by atoms with Gasteiger partial charge in [0.05, 0.1) is 5.69 Å². The molecule has 0 spiro atoms. The summed E-state index contributed by atoms with van der Waals surface area (Å²) in [5, 5.41) is 0. The van der Waals surface area contributed by atoms with Crippen LogP contribution in [0, 0.1) is 5.82 Å². The maximum atomic E-state index is 13.8. The van der Waals surface area contributed by atoms with E-state index in [1.54, 1.807) is 37.3 Å². The van der Waals surface area contributed by atoms with Crippen LogP contribution in [-0.4, -0.2) is 27.5 Å². The van der Waals surface area contributed by atoms with E-state index in [-0.39, 0.29) is 5.69 Å². The largest absolute Gasteiger partial charge is 0.361 e. The second kappa shape index (κ2) is 5.98. The first-order valence-corrected chi connectivity index (χ1v) is 8.19. The van der Waals surface area contributed by atoms with Gasteiger partial charge in [-0.25, -0.2) is 17.8 Å². The Morgan fingerprint density at radius 2 is 2.00 bits per heavy atom. The van der Waals surface area contributed by atoms with Crippen molar-refractivity contribution in [3.63, 3.8) is 0 Å². The van der Waals surface area contributed by atoms with Gasteiger partial charge in [0, 0.05) is 24.8 Å². The number of anilines is 2. The monoisotopic (exact) mass is 373 g/mol. The zero-order chi connectivity index (χ0) is 15.6. The van der Waals surface area contributed by atoms with Crippen LogP contribution in [0.3, 0.4) is 0 Å². The van der Waals surface area contributed by atoms with Gasteiger partial charge in [0.2, 0.25) is 0 Å². The molecule has 21 heavy (non-hydrogen) atoms. The molecule has 0 aliphatic heterocycles. The summed E-state index contributed by atoms with van der Waals surface area (Å²) in [6.45, 7) is 0. The molecule has 0 radical (unpaired) electrons. The second-order valence-corrected chi connectivity index (χ2v) is 7.02. The molecule has 0 saturated carbocycles. The highest BCUT2D eigenvalue weighted by molar-refractivity contribution is 9.10. The third-order valence-corrected chi connectivity index (χ3v) is 4.53. The Bertz CT molecular complexity index is 766. The van der Waals surface area contributed by atoms with Crippen molar-refractivity contribution in [2.45, 2.75) is 4.90 Å². The molecule has 1 aromatic heterocycles. The molecule has 0 aliphatic rings. The van der Waals surface area contributed by atoms with Gasteiger partial charge in [-0.15, -0.1) is 0 Å². The lowest BCUT2D eigenvalue weighted by atomic mass is 10.3. The molecule has 1 heterocycles. The molecule has 2 aromatic rings. The van der Waals surface area contributed by atoms with E-state index in [4.69, 9.17) is 0 Å². The van der Waals surface area contributed by atoms with Crippen molar-refractivity contribution in [3.8, 4) is 0 Å². The fourth-order valence-corrected chi connectivity index (χ4v) is 3.18. The summed E-state index contributed by atoms with van der Waals surface area (Å²) < 4.78 is 41.2. The zero-order valence-electron chi connectivity index (χ0n) is 11.3. The molecule has 2 rings (SSSR count). The van der Waals surface area contributed by atoms with E-state index in [2.05, 4.69) is 25.6 Å². The molecule has 8 heteroatoms. The Balaban J connectivity index is 2.43. The number of sulfonamides is 1. The van der Waals surface area contributed by atoms with Crippen molar-refractivity contribution in [2.75, 3.05) is 23.7 Å². The Hall–Kier alpha value is -1.67. The van der Waals surface area contributed by atoms with E-state index in [1.807, 2.05) is 0 Å². The van der Waals surface area contributed by atoms with Gasteiger partial charge in [-0.05, 0) is 30.3 Å². The number of rotatable bonds is 4. The number of halogens is 2. The van der Waals surface area contributed by atoms with E-state index >= 15 is 0 Å². The minimum Gasteiger partial charge on any atom is -0.361 e. The molecule has 0 unspecified atom stereocenters. The van der Waals surface area contributed by atoms with Gasteiger partial charge in [-0.1, -0.05) is 15.9 Å². The van der Waals surface area contributed by atoms with Crippen LogP contribution in [-0.2, 0) is 10.0 Å². The molecule has 0 fully saturated rings. The summed E-state index contributed by atoms with van der Waals surface area (Å²) in [5.41, 5.74) is 0.282. The standard InChI is InChI=1S/C13H13BrFN3O2S/c1-18(2)13-11(4-3-7-16-13)17-21(19,20)12-6-5-9(14)8-10(12)15/h3-8,17H,1-2H3. The highest BCUT2D eigenvalue weighted by Crippen LogP contribution is 2.26. The number of pyridine rings is 1. The smallest absolute Gasteiger partial charge is 0.264 e. The predicted molar refractivity (Wildman–Crippen MR) is 83.5 cm³/mol. The van der Waals surface area contributed by atoms with Crippen molar-refractivity contribution >= 4 is 37.5 Å². The van der Waals surface area contributed by atoms with Gasteiger partial charge in [0.1, 0.15) is 10.7 Å². The Morgan fingerprint density at radius 3 is 2.62 bits per heavy atom. The first-order valence-electron chi connectivity index (χ1n) is 5.91. The molecule has 0 amide bonds. The van der Waals surface area contributed by atoms with Gasteiger partial charge in [-0.2, -0.15) is 0 Å². The maximum Gasteiger partial charge on any atom is 0.264 e. The Morgan fingerprint density at radius 1 is 1.29 bits per heavy atom. The molecule has 5 nitrogen and oxygen atoms in total. The fourth-order valence-electron chi connectivity index (χ4n) is 1.73. The predicted octanol–water partition coefficient (Wildman–Crippen LogP) is 2.85. The molecule has 0 atom stereocenters. The summed E-state index contributed by atoms with van der Waals surface area (Å²) in [6, 6.07) is 6.94. The summed E-state index contributed by atoms with van der Waals surface area (Å²) in [7, 11) is -0.556. The van der Waals surface area contributed by atoms with Crippen LogP contribution >= 0.6 is 15.9 Å². The third-order valence-electron chi connectivity index (χ3n) is 2.64. The van der Waals surface area contributed by atoms with Crippen molar-refractivity contribution in [3.05, 3.63) is 46.8 Å². The number of nitrogens with zero attached hydrogens (tertiary/aromatic N) is 2. The Kier molecular flexibility index (Phi) is 4.48. The van der Waals surface area contributed by atoms with E-state index < -0.39 is 20.7 Å². The SMILES string of the molecule is CN(C)c1ncccc1NS(=O)(=O)c1ccc(Br)cc1F. The highest BCUT2D eigenvalue weighted by Gasteiger charge is 2.21. The number of aromatic nitrogens is 1. The average molecular weight is 374 g/mol. The molecular weight excluding hydrogens is 361 g/mol. The molecule has 1 aromatic carbocycles. The minimum atomic E-state index is -4.03. The summed E-state index contributed by atoms with van der Waals surface area (Å²) in [4.78, 5) is 5.34. The fraction of sp³-hybridized carbons (Fsp3) is 0.154. The van der Waals surface area contributed by atoms with E-state index in [1.165, 1.54) is 12.1 Å². The lowest BCUT2D eigenvalue weighted by Crippen LogP contribution is -2.19. The van der Waals surface area contributed by atoms with Gasteiger partial charge >= 0.3 is 0 Å². The van der Waals surface area contributed by atoms with Crippen LogP contribution in [0.1, 0.15) is 0 Å². The molecular formula is C13H13BrFN3O2S. The topological polar surface area (TPSA) is 62.3 Å². The normalized spacial score (nSPS) is 11.2.